The summed E-state index contributed by atoms with van der Waals surface area (Å²) in [4.78, 5) is 4.98. The van der Waals surface area contributed by atoms with Crippen molar-refractivity contribution in [3.63, 3.8) is 0 Å². The molecule has 1 aliphatic rings. The number of methoxy groups -OCH3 is 1. The molecule has 0 N–H and O–H groups in total. The van der Waals surface area contributed by atoms with Crippen molar-refractivity contribution in [3.8, 4) is 5.75 Å². The summed E-state index contributed by atoms with van der Waals surface area (Å²) < 4.78 is 10.6. The molecule has 1 fully saturated rings. The number of hydrogen-bond acceptors (Lipinski definition) is 4. The highest BCUT2D eigenvalue weighted by Crippen LogP contribution is 2.14. The van der Waals surface area contributed by atoms with Gasteiger partial charge in [-0.1, -0.05) is 12.1 Å². The molecule has 0 spiro atoms. The Bertz CT molecular complexity index is 373. The van der Waals surface area contributed by atoms with Crippen LogP contribution in [0.4, 0.5) is 0 Å². The van der Waals surface area contributed by atoms with E-state index < -0.39 is 0 Å². The number of hydrogen-bond donors (Lipinski definition) is 0. The SMILES string of the molecule is CCOc1ccc(CN2CCN(CCOC)CC2)cc1. The molecule has 4 nitrogen and oxygen atoms in total. The maximum atomic E-state index is 5.47. The molecule has 20 heavy (non-hydrogen) atoms. The predicted molar refractivity (Wildman–Crippen MR) is 81.2 cm³/mol. The normalized spacial score (nSPS) is 17.3. The van der Waals surface area contributed by atoms with Crippen LogP contribution in [0.2, 0.25) is 0 Å². The molecule has 2 rings (SSSR count). The van der Waals surface area contributed by atoms with Crippen LogP contribution < -0.4 is 4.74 Å². The minimum absolute atomic E-state index is 0.725. The van der Waals surface area contributed by atoms with Gasteiger partial charge in [-0.05, 0) is 24.6 Å². The van der Waals surface area contributed by atoms with Crippen molar-refractivity contribution in [1.82, 2.24) is 9.80 Å². The lowest BCUT2D eigenvalue weighted by Crippen LogP contribution is -2.46. The number of piperazine rings is 1. The van der Waals surface area contributed by atoms with Crippen LogP contribution in [0.1, 0.15) is 12.5 Å². The van der Waals surface area contributed by atoms with Crippen molar-refractivity contribution in [3.05, 3.63) is 29.8 Å². The lowest BCUT2D eigenvalue weighted by molar-refractivity contribution is 0.0938. The summed E-state index contributed by atoms with van der Waals surface area (Å²) in [6.07, 6.45) is 0. The first-order chi connectivity index (χ1) is 9.81. The highest BCUT2D eigenvalue weighted by Gasteiger charge is 2.16. The van der Waals surface area contributed by atoms with Crippen LogP contribution in [0.15, 0.2) is 24.3 Å². The van der Waals surface area contributed by atoms with Crippen molar-refractivity contribution in [2.24, 2.45) is 0 Å². The minimum atomic E-state index is 0.725. The summed E-state index contributed by atoms with van der Waals surface area (Å²) in [7, 11) is 1.77. The minimum Gasteiger partial charge on any atom is -0.494 e. The quantitative estimate of drug-likeness (QED) is 0.760. The molecule has 0 radical (unpaired) electrons. The van der Waals surface area contributed by atoms with Crippen LogP contribution in [-0.2, 0) is 11.3 Å². The molecule has 0 aliphatic carbocycles. The molecule has 1 saturated heterocycles. The van der Waals surface area contributed by atoms with Gasteiger partial charge in [-0.3, -0.25) is 9.80 Å². The summed E-state index contributed by atoms with van der Waals surface area (Å²) in [5.74, 6) is 0.959. The Morgan fingerprint density at radius 3 is 2.25 bits per heavy atom. The van der Waals surface area contributed by atoms with Crippen LogP contribution >= 0.6 is 0 Å². The van der Waals surface area contributed by atoms with Crippen LogP contribution in [0, 0.1) is 0 Å². The van der Waals surface area contributed by atoms with E-state index in [1.54, 1.807) is 7.11 Å². The van der Waals surface area contributed by atoms with E-state index in [0.29, 0.717) is 0 Å². The van der Waals surface area contributed by atoms with Crippen molar-refractivity contribution in [2.75, 3.05) is 53.0 Å². The topological polar surface area (TPSA) is 24.9 Å². The first-order valence-electron chi connectivity index (χ1n) is 7.47. The Hall–Kier alpha value is -1.10. The highest BCUT2D eigenvalue weighted by atomic mass is 16.5. The van der Waals surface area contributed by atoms with Gasteiger partial charge >= 0.3 is 0 Å². The third-order valence-corrected chi connectivity index (χ3v) is 3.72. The molecule has 1 heterocycles. The Balaban J connectivity index is 1.74. The molecule has 1 aromatic rings. The Morgan fingerprint density at radius 2 is 1.65 bits per heavy atom. The van der Waals surface area contributed by atoms with Crippen molar-refractivity contribution in [2.45, 2.75) is 13.5 Å². The largest absolute Gasteiger partial charge is 0.494 e. The van der Waals surface area contributed by atoms with Gasteiger partial charge in [0.15, 0.2) is 0 Å². The molecule has 0 unspecified atom stereocenters. The molecule has 0 atom stereocenters. The van der Waals surface area contributed by atoms with Crippen LogP contribution in [-0.4, -0.2) is 62.8 Å². The lowest BCUT2D eigenvalue weighted by Gasteiger charge is -2.34. The second-order valence-electron chi connectivity index (χ2n) is 5.19. The van der Waals surface area contributed by atoms with E-state index in [1.165, 1.54) is 5.56 Å². The Labute approximate surface area is 122 Å². The molecule has 112 valence electrons. The number of rotatable bonds is 7. The predicted octanol–water partition coefficient (Wildman–Crippen LogP) is 1.85. The molecular formula is C16H26N2O2. The van der Waals surface area contributed by atoms with Gasteiger partial charge in [-0.25, -0.2) is 0 Å². The van der Waals surface area contributed by atoms with Gasteiger partial charge in [0.25, 0.3) is 0 Å². The molecule has 1 aromatic carbocycles. The third-order valence-electron chi connectivity index (χ3n) is 3.72. The fraction of sp³-hybridized carbons (Fsp3) is 0.625. The van der Waals surface area contributed by atoms with Gasteiger partial charge in [-0.15, -0.1) is 0 Å². The van der Waals surface area contributed by atoms with E-state index in [4.69, 9.17) is 9.47 Å². The van der Waals surface area contributed by atoms with Crippen molar-refractivity contribution < 1.29 is 9.47 Å². The van der Waals surface area contributed by atoms with Gasteiger partial charge in [0.05, 0.1) is 13.2 Å². The van der Waals surface area contributed by atoms with Crippen molar-refractivity contribution in [1.29, 1.82) is 0 Å². The second kappa shape index (κ2) is 8.25. The summed E-state index contributed by atoms with van der Waals surface area (Å²) in [5, 5.41) is 0. The second-order valence-corrected chi connectivity index (χ2v) is 5.19. The van der Waals surface area contributed by atoms with E-state index >= 15 is 0 Å². The monoisotopic (exact) mass is 278 g/mol. The maximum Gasteiger partial charge on any atom is 0.119 e. The molecule has 0 saturated carbocycles. The summed E-state index contributed by atoms with van der Waals surface area (Å²) in [6.45, 7) is 10.2. The lowest BCUT2D eigenvalue weighted by atomic mass is 10.2. The van der Waals surface area contributed by atoms with E-state index in [2.05, 4.69) is 34.1 Å². The first kappa shape index (κ1) is 15.3. The zero-order valence-corrected chi connectivity index (χ0v) is 12.7. The van der Waals surface area contributed by atoms with Gasteiger partial charge < -0.3 is 9.47 Å². The zero-order chi connectivity index (χ0) is 14.2. The number of nitrogens with zero attached hydrogens (tertiary/aromatic N) is 2. The van der Waals surface area contributed by atoms with Crippen LogP contribution in [0.5, 0.6) is 5.75 Å². The van der Waals surface area contributed by atoms with Crippen molar-refractivity contribution >= 4 is 0 Å². The highest BCUT2D eigenvalue weighted by molar-refractivity contribution is 5.27. The van der Waals surface area contributed by atoms with Gasteiger partial charge in [0.2, 0.25) is 0 Å². The average molecular weight is 278 g/mol. The fourth-order valence-corrected chi connectivity index (χ4v) is 2.51. The molecule has 0 aromatic heterocycles. The Kier molecular flexibility index (Phi) is 6.30. The van der Waals surface area contributed by atoms with E-state index in [-0.39, 0.29) is 0 Å². The van der Waals surface area contributed by atoms with Crippen LogP contribution in [0.25, 0.3) is 0 Å². The molecule has 0 amide bonds. The Morgan fingerprint density at radius 1 is 1.00 bits per heavy atom. The maximum absolute atomic E-state index is 5.47. The molecular weight excluding hydrogens is 252 g/mol. The van der Waals surface area contributed by atoms with Gasteiger partial charge in [0.1, 0.15) is 5.75 Å². The smallest absolute Gasteiger partial charge is 0.119 e. The van der Waals surface area contributed by atoms with E-state index in [1.807, 2.05) is 6.92 Å². The van der Waals surface area contributed by atoms with Gasteiger partial charge in [-0.2, -0.15) is 0 Å². The molecule has 4 heteroatoms. The first-order valence-corrected chi connectivity index (χ1v) is 7.47. The summed E-state index contributed by atoms with van der Waals surface area (Å²) >= 11 is 0. The average Bonchev–Trinajstić information content (AvgIpc) is 2.49. The zero-order valence-electron chi connectivity index (χ0n) is 12.7. The molecule has 0 bridgehead atoms. The number of ether oxygens (including phenoxy) is 2. The van der Waals surface area contributed by atoms with E-state index in [0.717, 1.165) is 58.2 Å². The third kappa shape index (κ3) is 4.78. The number of benzene rings is 1. The summed E-state index contributed by atoms with van der Waals surface area (Å²) in [5.41, 5.74) is 1.36. The van der Waals surface area contributed by atoms with Gasteiger partial charge in [0, 0.05) is 46.4 Å². The fourth-order valence-electron chi connectivity index (χ4n) is 2.51. The summed E-state index contributed by atoms with van der Waals surface area (Å²) in [6, 6.07) is 8.46. The van der Waals surface area contributed by atoms with E-state index in [9.17, 15) is 0 Å². The van der Waals surface area contributed by atoms with Crippen LogP contribution in [0.3, 0.4) is 0 Å². The standard InChI is InChI=1S/C16H26N2O2/c1-3-20-16-6-4-15(5-7-16)14-18-10-8-17(9-11-18)12-13-19-2/h4-7H,3,8-14H2,1-2H3. The molecule has 1 aliphatic heterocycles.